The van der Waals surface area contributed by atoms with Gasteiger partial charge in [-0.1, -0.05) is 6.42 Å². The van der Waals surface area contributed by atoms with Crippen molar-refractivity contribution < 1.29 is 8.42 Å². The second-order valence-corrected chi connectivity index (χ2v) is 7.71. The number of aromatic nitrogens is 4. The van der Waals surface area contributed by atoms with Gasteiger partial charge in [-0.2, -0.15) is 14.5 Å². The Kier molecular flexibility index (Phi) is 3.82. The van der Waals surface area contributed by atoms with Gasteiger partial charge in [0.05, 0.1) is 23.6 Å². The molecule has 0 aliphatic carbocycles. The number of hydrogen-bond acceptors (Lipinski definition) is 4. The van der Waals surface area contributed by atoms with Crippen LogP contribution in [0.25, 0.3) is 0 Å². The maximum Gasteiger partial charge on any atom is 0.247 e. The molecule has 22 heavy (non-hydrogen) atoms. The van der Waals surface area contributed by atoms with E-state index in [4.69, 9.17) is 0 Å². The highest BCUT2D eigenvalue weighted by Crippen LogP contribution is 2.36. The maximum atomic E-state index is 13.1. The van der Waals surface area contributed by atoms with Crippen LogP contribution in [0.4, 0.5) is 0 Å². The zero-order valence-electron chi connectivity index (χ0n) is 13.1. The van der Waals surface area contributed by atoms with E-state index in [-0.39, 0.29) is 6.04 Å². The van der Waals surface area contributed by atoms with Gasteiger partial charge in [-0.3, -0.25) is 9.78 Å². The topological polar surface area (TPSA) is 83.9 Å². The molecule has 0 spiro atoms. The summed E-state index contributed by atoms with van der Waals surface area (Å²) in [5, 5.41) is 11.2. The van der Waals surface area contributed by atoms with E-state index in [1.54, 1.807) is 35.4 Å². The van der Waals surface area contributed by atoms with E-state index in [2.05, 4.69) is 15.3 Å². The van der Waals surface area contributed by atoms with Gasteiger partial charge in [0.25, 0.3) is 0 Å². The molecule has 2 aromatic rings. The fourth-order valence-electron chi connectivity index (χ4n) is 3.13. The molecule has 120 valence electrons. The molecule has 0 aromatic carbocycles. The number of rotatable bonds is 3. The molecule has 8 heteroatoms. The Morgan fingerprint density at radius 3 is 2.68 bits per heavy atom. The predicted octanol–water partition coefficient (Wildman–Crippen LogP) is 1.68. The molecule has 1 N–H and O–H groups in total. The lowest BCUT2D eigenvalue weighted by Crippen LogP contribution is -2.39. The summed E-state index contributed by atoms with van der Waals surface area (Å²) in [5.41, 5.74) is 2.42. The zero-order valence-corrected chi connectivity index (χ0v) is 13.9. The van der Waals surface area contributed by atoms with Crippen LogP contribution in [0.15, 0.2) is 17.3 Å². The molecule has 0 bridgehead atoms. The minimum Gasteiger partial charge on any atom is -0.281 e. The summed E-state index contributed by atoms with van der Waals surface area (Å²) < 4.78 is 29.3. The van der Waals surface area contributed by atoms with Crippen molar-refractivity contribution in [3.05, 3.63) is 29.3 Å². The molecule has 1 unspecified atom stereocenters. The number of nitrogens with zero attached hydrogens (tertiary/aromatic N) is 4. The number of aryl methyl sites for hydroxylation is 3. The predicted molar refractivity (Wildman–Crippen MR) is 81.8 cm³/mol. The highest BCUT2D eigenvalue weighted by atomic mass is 32.2. The fourth-order valence-corrected chi connectivity index (χ4v) is 5.00. The zero-order chi connectivity index (χ0) is 15.9. The third kappa shape index (κ3) is 2.46. The van der Waals surface area contributed by atoms with Crippen molar-refractivity contribution in [2.75, 3.05) is 6.54 Å². The number of sulfonamides is 1. The van der Waals surface area contributed by atoms with Gasteiger partial charge in [0, 0.05) is 19.8 Å². The number of aromatic amines is 1. The summed E-state index contributed by atoms with van der Waals surface area (Å²) in [6.07, 6.45) is 6.02. The van der Waals surface area contributed by atoms with E-state index in [9.17, 15) is 8.42 Å². The largest absolute Gasteiger partial charge is 0.281 e. The number of nitrogens with one attached hydrogen (secondary N) is 1. The van der Waals surface area contributed by atoms with Crippen LogP contribution in [-0.2, 0) is 17.1 Å². The first-order valence-electron chi connectivity index (χ1n) is 7.43. The molecule has 1 fully saturated rings. The SMILES string of the molecule is Cc1cn[nH]c1C1CCCCN1S(=O)(=O)c1cn(C)nc1C. The second-order valence-electron chi connectivity index (χ2n) is 5.85. The Labute approximate surface area is 130 Å². The van der Waals surface area contributed by atoms with Crippen LogP contribution in [0.1, 0.15) is 42.3 Å². The monoisotopic (exact) mass is 323 g/mol. The van der Waals surface area contributed by atoms with Gasteiger partial charge < -0.3 is 0 Å². The van der Waals surface area contributed by atoms with Crippen LogP contribution in [-0.4, -0.2) is 39.2 Å². The van der Waals surface area contributed by atoms with Gasteiger partial charge >= 0.3 is 0 Å². The Morgan fingerprint density at radius 2 is 2.09 bits per heavy atom. The number of piperidine rings is 1. The van der Waals surface area contributed by atoms with Crippen molar-refractivity contribution >= 4 is 10.0 Å². The van der Waals surface area contributed by atoms with E-state index in [1.165, 1.54) is 0 Å². The molecule has 1 atom stereocenters. The average molecular weight is 323 g/mol. The normalized spacial score (nSPS) is 20.4. The van der Waals surface area contributed by atoms with Gasteiger partial charge in [0.2, 0.25) is 10.0 Å². The van der Waals surface area contributed by atoms with Crippen molar-refractivity contribution in [1.29, 1.82) is 0 Å². The van der Waals surface area contributed by atoms with E-state index in [1.807, 2.05) is 6.92 Å². The van der Waals surface area contributed by atoms with E-state index >= 15 is 0 Å². The number of hydrogen-bond donors (Lipinski definition) is 1. The summed E-state index contributed by atoms with van der Waals surface area (Å²) in [4.78, 5) is 0.291. The maximum absolute atomic E-state index is 13.1. The van der Waals surface area contributed by atoms with E-state index in [0.717, 1.165) is 30.5 Å². The first-order valence-corrected chi connectivity index (χ1v) is 8.87. The van der Waals surface area contributed by atoms with Gasteiger partial charge in [-0.05, 0) is 32.3 Å². The molecule has 1 aliphatic heterocycles. The number of H-pyrrole nitrogens is 1. The molecule has 0 amide bonds. The van der Waals surface area contributed by atoms with Crippen LogP contribution in [0.3, 0.4) is 0 Å². The summed E-state index contributed by atoms with van der Waals surface area (Å²) in [6.45, 7) is 4.21. The molecule has 3 rings (SSSR count). The smallest absolute Gasteiger partial charge is 0.247 e. The Morgan fingerprint density at radius 1 is 1.32 bits per heavy atom. The molecule has 0 radical (unpaired) electrons. The van der Waals surface area contributed by atoms with Gasteiger partial charge in [-0.15, -0.1) is 0 Å². The first-order chi connectivity index (χ1) is 10.4. The van der Waals surface area contributed by atoms with Gasteiger partial charge in [-0.25, -0.2) is 8.42 Å². The minimum absolute atomic E-state index is 0.180. The summed E-state index contributed by atoms with van der Waals surface area (Å²) in [5.74, 6) is 0. The molecule has 2 aromatic heterocycles. The van der Waals surface area contributed by atoms with Crippen LogP contribution >= 0.6 is 0 Å². The summed E-state index contributed by atoms with van der Waals surface area (Å²) in [7, 11) is -1.83. The molecule has 1 aliphatic rings. The van der Waals surface area contributed by atoms with Crippen LogP contribution in [0.2, 0.25) is 0 Å². The quantitative estimate of drug-likeness (QED) is 0.931. The molecule has 0 saturated carbocycles. The lowest BCUT2D eigenvalue weighted by Gasteiger charge is -2.34. The van der Waals surface area contributed by atoms with Gasteiger partial charge in [0.1, 0.15) is 4.90 Å². The second kappa shape index (κ2) is 5.51. The summed E-state index contributed by atoms with van der Waals surface area (Å²) in [6, 6.07) is -0.180. The standard InChI is InChI=1S/C14H21N5O2S/c1-10-8-15-16-14(10)12-6-4-5-7-19(12)22(20,21)13-9-18(3)17-11(13)2/h8-9,12H,4-7H2,1-3H3,(H,15,16). The first kappa shape index (κ1) is 15.2. The van der Waals surface area contributed by atoms with Crippen molar-refractivity contribution in [2.24, 2.45) is 7.05 Å². The fraction of sp³-hybridized carbons (Fsp3) is 0.571. The average Bonchev–Trinajstić information content (AvgIpc) is 3.04. The molecular formula is C14H21N5O2S. The van der Waals surface area contributed by atoms with E-state index in [0.29, 0.717) is 17.1 Å². The highest BCUT2D eigenvalue weighted by Gasteiger charge is 2.37. The lowest BCUT2D eigenvalue weighted by atomic mass is 10.00. The van der Waals surface area contributed by atoms with Crippen molar-refractivity contribution in [3.63, 3.8) is 0 Å². The van der Waals surface area contributed by atoms with Crippen LogP contribution in [0.5, 0.6) is 0 Å². The minimum atomic E-state index is -3.56. The van der Waals surface area contributed by atoms with Crippen molar-refractivity contribution in [1.82, 2.24) is 24.3 Å². The molecule has 7 nitrogen and oxygen atoms in total. The molecule has 1 saturated heterocycles. The Balaban J connectivity index is 2.04. The van der Waals surface area contributed by atoms with Crippen LogP contribution < -0.4 is 0 Å². The highest BCUT2D eigenvalue weighted by molar-refractivity contribution is 7.89. The molecular weight excluding hydrogens is 302 g/mol. The van der Waals surface area contributed by atoms with Crippen molar-refractivity contribution in [3.8, 4) is 0 Å². The summed E-state index contributed by atoms with van der Waals surface area (Å²) >= 11 is 0. The lowest BCUT2D eigenvalue weighted by molar-refractivity contribution is 0.250. The van der Waals surface area contributed by atoms with E-state index < -0.39 is 10.0 Å². The van der Waals surface area contributed by atoms with Gasteiger partial charge in [0.15, 0.2) is 0 Å². The Hall–Kier alpha value is -1.67. The van der Waals surface area contributed by atoms with Crippen LogP contribution in [0, 0.1) is 13.8 Å². The third-order valence-electron chi connectivity index (χ3n) is 4.21. The third-order valence-corrected chi connectivity index (χ3v) is 6.22. The van der Waals surface area contributed by atoms with Crippen molar-refractivity contribution in [2.45, 2.75) is 44.0 Å². The molecule has 3 heterocycles. The Bertz CT molecular complexity index is 777.